The number of nitrogens with two attached hydrogens (primary N) is 1. The third kappa shape index (κ3) is 3.53. The van der Waals surface area contributed by atoms with E-state index in [2.05, 4.69) is 15.5 Å². The maximum atomic E-state index is 11.7. The van der Waals surface area contributed by atoms with Gasteiger partial charge in [0.2, 0.25) is 0 Å². The summed E-state index contributed by atoms with van der Waals surface area (Å²) in [5, 5.41) is 4.38. The fraction of sp³-hybridized carbons (Fsp3) is 0. The molecule has 0 radical (unpaired) electrons. The quantitative estimate of drug-likeness (QED) is 0.509. The number of nitrogens with zero attached hydrogens (tertiary/aromatic N) is 2. The number of hydrazone groups is 1. The second-order valence-corrected chi connectivity index (χ2v) is 4.12. The molecule has 0 spiro atoms. The van der Waals surface area contributed by atoms with Crippen molar-refractivity contribution in [2.75, 3.05) is 0 Å². The Bertz CT molecular complexity index is 613. The number of rotatable bonds is 3. The zero-order valence-electron chi connectivity index (χ0n) is 9.88. The van der Waals surface area contributed by atoms with E-state index in [0.717, 1.165) is 0 Å². The van der Waals surface area contributed by atoms with E-state index >= 15 is 0 Å². The van der Waals surface area contributed by atoms with E-state index < -0.39 is 0 Å². The van der Waals surface area contributed by atoms with Crippen molar-refractivity contribution in [3.05, 3.63) is 64.9 Å². The molecule has 0 atom stereocenters. The van der Waals surface area contributed by atoms with E-state index in [-0.39, 0.29) is 11.7 Å². The third-order valence-electron chi connectivity index (χ3n) is 2.34. The van der Waals surface area contributed by atoms with Gasteiger partial charge in [0.05, 0.1) is 0 Å². The highest BCUT2D eigenvalue weighted by atomic mass is 35.5. The molecule has 1 amide bonds. The summed E-state index contributed by atoms with van der Waals surface area (Å²) >= 11 is 5.84. The maximum Gasteiger partial charge on any atom is 0.271 e. The summed E-state index contributed by atoms with van der Waals surface area (Å²) in [4.78, 5) is 15.5. The van der Waals surface area contributed by atoms with Crippen molar-refractivity contribution in [3.8, 4) is 0 Å². The summed E-state index contributed by atoms with van der Waals surface area (Å²) in [6.07, 6.45) is 3.05. The minimum atomic E-state index is -0.354. The number of carbonyl (C=O) groups excluding carboxylic acids is 1. The Morgan fingerprint density at radius 2 is 1.95 bits per heavy atom. The smallest absolute Gasteiger partial charge is 0.271 e. The topological polar surface area (TPSA) is 80.4 Å². The van der Waals surface area contributed by atoms with Crippen LogP contribution in [0.2, 0.25) is 5.02 Å². The molecule has 5 nitrogen and oxygen atoms in total. The van der Waals surface area contributed by atoms with Crippen molar-refractivity contribution in [1.29, 1.82) is 0 Å². The van der Waals surface area contributed by atoms with Gasteiger partial charge in [-0.15, -0.1) is 0 Å². The van der Waals surface area contributed by atoms with Gasteiger partial charge in [0.25, 0.3) is 5.91 Å². The Hall–Kier alpha value is -2.40. The van der Waals surface area contributed by atoms with Crippen LogP contribution in [0.25, 0.3) is 0 Å². The average Bonchev–Trinajstić information content (AvgIpc) is 2.45. The predicted octanol–water partition coefficient (Wildman–Crippen LogP) is 1.79. The van der Waals surface area contributed by atoms with Gasteiger partial charge in [-0.05, 0) is 24.3 Å². The lowest BCUT2D eigenvalue weighted by atomic mass is 10.2. The fourth-order valence-electron chi connectivity index (χ4n) is 1.39. The highest BCUT2D eigenvalue weighted by molar-refractivity contribution is 6.31. The predicted molar refractivity (Wildman–Crippen MR) is 73.9 cm³/mol. The van der Waals surface area contributed by atoms with E-state index in [1.165, 1.54) is 12.4 Å². The first kappa shape index (κ1) is 13.0. The monoisotopic (exact) mass is 274 g/mol. The molecule has 1 aromatic heterocycles. The lowest BCUT2D eigenvalue weighted by Gasteiger charge is -2.03. The van der Waals surface area contributed by atoms with Gasteiger partial charge in [-0.2, -0.15) is 5.10 Å². The number of carbonyl (C=O) groups is 1. The van der Waals surface area contributed by atoms with Crippen LogP contribution in [0.5, 0.6) is 0 Å². The average molecular weight is 275 g/mol. The van der Waals surface area contributed by atoms with Gasteiger partial charge < -0.3 is 5.73 Å². The largest absolute Gasteiger partial charge is 0.382 e. The van der Waals surface area contributed by atoms with Gasteiger partial charge in [0.1, 0.15) is 0 Å². The van der Waals surface area contributed by atoms with Crippen LogP contribution in [0.1, 0.15) is 15.9 Å². The molecule has 2 rings (SSSR count). The second-order valence-electron chi connectivity index (χ2n) is 3.68. The molecule has 3 N–H and O–H groups in total. The molecule has 0 saturated heterocycles. The molecular formula is C13H11ClN4O. The molecule has 0 aliphatic carbocycles. The van der Waals surface area contributed by atoms with E-state index in [9.17, 15) is 4.79 Å². The summed E-state index contributed by atoms with van der Waals surface area (Å²) in [6, 6.07) is 10.1. The molecule has 96 valence electrons. The molecular weight excluding hydrogens is 264 g/mol. The first-order valence-electron chi connectivity index (χ1n) is 5.46. The van der Waals surface area contributed by atoms with Crippen LogP contribution in [0.4, 0.5) is 0 Å². The van der Waals surface area contributed by atoms with Crippen molar-refractivity contribution in [2.24, 2.45) is 10.8 Å². The highest BCUT2D eigenvalue weighted by Gasteiger charge is 2.04. The zero-order valence-corrected chi connectivity index (χ0v) is 10.6. The number of aromatic nitrogens is 1. The van der Waals surface area contributed by atoms with Gasteiger partial charge in [-0.3, -0.25) is 9.78 Å². The summed E-state index contributed by atoms with van der Waals surface area (Å²) in [5.74, 6) is -0.169. The lowest BCUT2D eigenvalue weighted by molar-refractivity contribution is 0.0954. The fourth-order valence-corrected chi connectivity index (χ4v) is 1.58. The molecule has 0 aliphatic rings. The van der Waals surface area contributed by atoms with Gasteiger partial charge in [0.15, 0.2) is 5.84 Å². The molecule has 1 aromatic carbocycles. The molecule has 19 heavy (non-hydrogen) atoms. The Balaban J connectivity index is 2.09. The first-order chi connectivity index (χ1) is 9.16. The number of nitrogens with one attached hydrogen (secondary N) is 1. The van der Waals surface area contributed by atoms with Crippen molar-refractivity contribution in [2.45, 2.75) is 0 Å². The van der Waals surface area contributed by atoms with Crippen LogP contribution in [0.3, 0.4) is 0 Å². The first-order valence-corrected chi connectivity index (χ1v) is 5.84. The van der Waals surface area contributed by atoms with Crippen molar-refractivity contribution in [1.82, 2.24) is 10.4 Å². The summed E-state index contributed by atoms with van der Waals surface area (Å²) in [7, 11) is 0. The number of hydrogen-bond acceptors (Lipinski definition) is 3. The van der Waals surface area contributed by atoms with E-state index in [0.29, 0.717) is 16.1 Å². The van der Waals surface area contributed by atoms with E-state index in [1.54, 1.807) is 36.4 Å². The van der Waals surface area contributed by atoms with Crippen molar-refractivity contribution >= 4 is 23.3 Å². The minimum absolute atomic E-state index is 0.185. The Morgan fingerprint density at radius 1 is 1.21 bits per heavy atom. The van der Waals surface area contributed by atoms with E-state index in [1.807, 2.05) is 0 Å². The summed E-state index contributed by atoms with van der Waals surface area (Å²) < 4.78 is 0. The van der Waals surface area contributed by atoms with Crippen molar-refractivity contribution < 1.29 is 4.79 Å². The van der Waals surface area contributed by atoms with Gasteiger partial charge in [0, 0.05) is 28.5 Å². The maximum absolute atomic E-state index is 11.7. The minimum Gasteiger partial charge on any atom is -0.382 e. The SMILES string of the molecule is N/C(=N\NC(=O)c1ccncc1)c1cccc(Cl)c1. The number of halogens is 1. The molecule has 1 heterocycles. The molecule has 0 unspecified atom stereocenters. The Kier molecular flexibility index (Phi) is 4.10. The Labute approximate surface area is 115 Å². The molecule has 2 aromatic rings. The molecule has 0 aliphatic heterocycles. The highest BCUT2D eigenvalue weighted by Crippen LogP contribution is 2.10. The number of benzene rings is 1. The third-order valence-corrected chi connectivity index (χ3v) is 2.58. The van der Waals surface area contributed by atoms with Crippen LogP contribution < -0.4 is 11.2 Å². The van der Waals surface area contributed by atoms with Gasteiger partial charge >= 0.3 is 0 Å². The number of hydrogen-bond donors (Lipinski definition) is 2. The number of amidine groups is 1. The van der Waals surface area contributed by atoms with Gasteiger partial charge in [-0.1, -0.05) is 23.7 Å². The standard InChI is InChI=1S/C13H11ClN4O/c14-11-3-1-2-10(8-11)12(15)17-18-13(19)9-4-6-16-7-5-9/h1-8H,(H2,15,17)(H,18,19). The Morgan fingerprint density at radius 3 is 2.63 bits per heavy atom. The molecule has 6 heteroatoms. The molecule has 0 fully saturated rings. The van der Waals surface area contributed by atoms with Crippen LogP contribution >= 0.6 is 11.6 Å². The van der Waals surface area contributed by atoms with Crippen LogP contribution in [0, 0.1) is 0 Å². The number of pyridine rings is 1. The zero-order chi connectivity index (χ0) is 13.7. The van der Waals surface area contributed by atoms with E-state index in [4.69, 9.17) is 17.3 Å². The molecule has 0 bridgehead atoms. The van der Waals surface area contributed by atoms with Crippen LogP contribution in [-0.2, 0) is 0 Å². The molecule has 0 saturated carbocycles. The lowest BCUT2D eigenvalue weighted by Crippen LogP contribution is -2.23. The normalized spacial score (nSPS) is 11.1. The van der Waals surface area contributed by atoms with Crippen LogP contribution in [0.15, 0.2) is 53.9 Å². The second kappa shape index (κ2) is 5.97. The number of amides is 1. The summed E-state index contributed by atoms with van der Waals surface area (Å²) in [6.45, 7) is 0. The van der Waals surface area contributed by atoms with Crippen molar-refractivity contribution in [3.63, 3.8) is 0 Å². The van der Waals surface area contributed by atoms with Crippen LogP contribution in [-0.4, -0.2) is 16.7 Å². The van der Waals surface area contributed by atoms with Gasteiger partial charge in [-0.25, -0.2) is 5.43 Å². The summed E-state index contributed by atoms with van der Waals surface area (Å²) in [5.41, 5.74) is 9.22.